The van der Waals surface area contributed by atoms with Crippen LogP contribution in [0.2, 0.25) is 0 Å². The fraction of sp³-hybridized carbons (Fsp3) is 0.222. The molecule has 2 atom stereocenters. The third-order valence-electron chi connectivity index (χ3n) is 1.59. The molecule has 1 aromatic carbocycles. The van der Waals surface area contributed by atoms with Gasteiger partial charge in [-0.1, -0.05) is 62.2 Å². The molecule has 0 bridgehead atoms. The minimum absolute atomic E-state index is 0.0845. The minimum atomic E-state index is -0.397. The number of hydrogen-bond acceptors (Lipinski definition) is 1. The van der Waals surface area contributed by atoms with Gasteiger partial charge in [-0.2, -0.15) is 0 Å². The Kier molecular flexibility index (Phi) is 4.42. The van der Waals surface area contributed by atoms with Gasteiger partial charge in [-0.05, 0) is 17.2 Å². The number of rotatable bonds is 3. The van der Waals surface area contributed by atoms with Crippen LogP contribution in [-0.2, 0) is 4.79 Å². The molecule has 0 aliphatic carbocycles. The molecule has 0 radical (unpaired) electrons. The van der Waals surface area contributed by atoms with E-state index in [-0.39, 0.29) is 4.83 Å². The van der Waals surface area contributed by atoms with Crippen LogP contribution in [0.5, 0.6) is 0 Å². The molecule has 0 fully saturated rings. The monoisotopic (exact) mass is 324 g/mol. The van der Waals surface area contributed by atoms with Gasteiger partial charge in [-0.15, -0.1) is 0 Å². The summed E-state index contributed by atoms with van der Waals surface area (Å²) in [4.78, 5) is 10.4. The number of alkyl halides is 2. The lowest BCUT2D eigenvalue weighted by atomic mass is 10.1. The molecule has 0 N–H and O–H groups in total. The fourth-order valence-corrected chi connectivity index (χ4v) is 2.05. The molecule has 13 heavy (non-hydrogen) atoms. The summed E-state index contributed by atoms with van der Waals surface area (Å²) in [6.45, 7) is 0. The lowest BCUT2D eigenvalue weighted by Gasteiger charge is -2.12. The Labute approximate surface area is 98.7 Å². The molecular formula is C9H7Br2ClO. The zero-order valence-corrected chi connectivity index (χ0v) is 10.5. The Balaban J connectivity index is 2.79. The van der Waals surface area contributed by atoms with Crippen LogP contribution in [0.15, 0.2) is 30.3 Å². The van der Waals surface area contributed by atoms with Crippen molar-refractivity contribution in [3.8, 4) is 0 Å². The first-order valence-corrected chi connectivity index (χ1v) is 5.86. The summed E-state index contributed by atoms with van der Waals surface area (Å²) in [5, 5.41) is -0.397. The topological polar surface area (TPSA) is 17.1 Å². The Morgan fingerprint density at radius 3 is 2.23 bits per heavy atom. The summed E-state index contributed by atoms with van der Waals surface area (Å²) in [5.41, 5.74) is 1.03. The zero-order valence-electron chi connectivity index (χ0n) is 6.58. The third kappa shape index (κ3) is 3.08. The molecule has 4 heteroatoms. The highest BCUT2D eigenvalue weighted by molar-refractivity contribution is 9.12. The van der Waals surface area contributed by atoms with Crippen molar-refractivity contribution in [2.45, 2.75) is 9.65 Å². The third-order valence-corrected chi connectivity index (χ3v) is 4.80. The van der Waals surface area contributed by atoms with Gasteiger partial charge >= 0.3 is 0 Å². The van der Waals surface area contributed by atoms with E-state index in [1.165, 1.54) is 0 Å². The number of carbonyl (C=O) groups excluding carboxylic acids is 1. The van der Waals surface area contributed by atoms with Crippen LogP contribution in [0.4, 0.5) is 0 Å². The van der Waals surface area contributed by atoms with Gasteiger partial charge in [0, 0.05) is 0 Å². The summed E-state index contributed by atoms with van der Waals surface area (Å²) < 4.78 is 0. The van der Waals surface area contributed by atoms with Crippen molar-refractivity contribution in [2.75, 3.05) is 0 Å². The van der Waals surface area contributed by atoms with Crippen molar-refractivity contribution in [1.29, 1.82) is 0 Å². The van der Waals surface area contributed by atoms with Crippen LogP contribution in [0.3, 0.4) is 0 Å². The quantitative estimate of drug-likeness (QED) is 0.612. The maximum Gasteiger partial charge on any atom is 0.236 e. The van der Waals surface area contributed by atoms with E-state index in [1.54, 1.807) is 0 Å². The van der Waals surface area contributed by atoms with Gasteiger partial charge in [-0.3, -0.25) is 4.79 Å². The molecule has 0 amide bonds. The minimum Gasteiger partial charge on any atom is -0.280 e. The molecule has 1 nitrogen and oxygen atoms in total. The molecule has 0 saturated carbocycles. The molecule has 0 aromatic heterocycles. The number of carbonyl (C=O) groups is 1. The van der Waals surface area contributed by atoms with Crippen molar-refractivity contribution in [2.24, 2.45) is 0 Å². The van der Waals surface area contributed by atoms with Crippen molar-refractivity contribution in [3.63, 3.8) is 0 Å². The van der Waals surface area contributed by atoms with Crippen molar-refractivity contribution >= 4 is 48.7 Å². The van der Waals surface area contributed by atoms with Crippen LogP contribution < -0.4 is 0 Å². The molecule has 1 rings (SSSR count). The Morgan fingerprint density at radius 2 is 1.77 bits per heavy atom. The first kappa shape index (κ1) is 11.2. The lowest BCUT2D eigenvalue weighted by Crippen LogP contribution is -2.13. The molecule has 0 aliphatic rings. The van der Waals surface area contributed by atoms with Gasteiger partial charge in [-0.25, -0.2) is 0 Å². The number of benzene rings is 1. The van der Waals surface area contributed by atoms with E-state index < -0.39 is 10.1 Å². The molecule has 0 spiro atoms. The number of hydrogen-bond donors (Lipinski definition) is 0. The van der Waals surface area contributed by atoms with Crippen LogP contribution in [-0.4, -0.2) is 10.1 Å². The molecule has 0 aliphatic heterocycles. The van der Waals surface area contributed by atoms with Gasteiger partial charge < -0.3 is 0 Å². The van der Waals surface area contributed by atoms with E-state index in [1.807, 2.05) is 30.3 Å². The summed E-state index contributed by atoms with van der Waals surface area (Å²) in [6.07, 6.45) is 0. The van der Waals surface area contributed by atoms with Gasteiger partial charge in [0.25, 0.3) is 0 Å². The molecule has 0 saturated heterocycles. The zero-order chi connectivity index (χ0) is 9.84. The normalized spacial score (nSPS) is 15.0. The maximum absolute atomic E-state index is 10.8. The van der Waals surface area contributed by atoms with Gasteiger partial charge in [0.2, 0.25) is 5.24 Å². The Bertz CT molecular complexity index is 289. The predicted octanol–water partition coefficient (Wildman–Crippen LogP) is 3.65. The highest BCUT2D eigenvalue weighted by Crippen LogP contribution is 2.32. The smallest absolute Gasteiger partial charge is 0.236 e. The van der Waals surface area contributed by atoms with Gasteiger partial charge in [0.1, 0.15) is 4.83 Å². The van der Waals surface area contributed by atoms with E-state index in [0.29, 0.717) is 0 Å². The van der Waals surface area contributed by atoms with Gasteiger partial charge in [0.15, 0.2) is 0 Å². The second-order valence-electron chi connectivity index (χ2n) is 2.52. The van der Waals surface area contributed by atoms with E-state index in [2.05, 4.69) is 31.9 Å². The Morgan fingerprint density at radius 1 is 1.23 bits per heavy atom. The molecule has 2 unspecified atom stereocenters. The maximum atomic E-state index is 10.8. The molecule has 1 aromatic rings. The van der Waals surface area contributed by atoms with Crippen LogP contribution >= 0.6 is 43.5 Å². The largest absolute Gasteiger partial charge is 0.280 e. The van der Waals surface area contributed by atoms with E-state index in [0.717, 1.165) is 5.56 Å². The summed E-state index contributed by atoms with van der Waals surface area (Å²) in [5.74, 6) is 0. The second kappa shape index (κ2) is 5.13. The average Bonchev–Trinajstić information content (AvgIpc) is 2.17. The molecule has 70 valence electrons. The first-order chi connectivity index (χ1) is 6.13. The summed E-state index contributed by atoms with van der Waals surface area (Å²) in [6, 6.07) is 9.64. The van der Waals surface area contributed by atoms with E-state index in [4.69, 9.17) is 11.6 Å². The fourth-order valence-electron chi connectivity index (χ4n) is 0.921. The molecular weight excluding hydrogens is 319 g/mol. The van der Waals surface area contributed by atoms with Crippen LogP contribution in [0.1, 0.15) is 10.4 Å². The summed E-state index contributed by atoms with van der Waals surface area (Å²) >= 11 is 12.0. The first-order valence-electron chi connectivity index (χ1n) is 3.65. The van der Waals surface area contributed by atoms with Crippen molar-refractivity contribution in [1.82, 2.24) is 0 Å². The second-order valence-corrected chi connectivity index (χ2v) is 4.86. The highest BCUT2D eigenvalue weighted by Gasteiger charge is 2.22. The standard InChI is InChI=1S/C9H7Br2ClO/c10-7(8(11)9(12)13)6-4-2-1-3-5-6/h1-5,7-8H. The van der Waals surface area contributed by atoms with Crippen LogP contribution in [0, 0.1) is 0 Å². The van der Waals surface area contributed by atoms with Crippen molar-refractivity contribution in [3.05, 3.63) is 35.9 Å². The van der Waals surface area contributed by atoms with E-state index >= 15 is 0 Å². The predicted molar refractivity (Wildman–Crippen MR) is 61.7 cm³/mol. The van der Waals surface area contributed by atoms with Crippen LogP contribution in [0.25, 0.3) is 0 Å². The Hall–Kier alpha value is 0.140. The number of halogens is 3. The average molecular weight is 326 g/mol. The van der Waals surface area contributed by atoms with Gasteiger partial charge in [0.05, 0.1) is 4.83 Å². The van der Waals surface area contributed by atoms with E-state index in [9.17, 15) is 4.79 Å². The lowest BCUT2D eigenvalue weighted by molar-refractivity contribution is -0.111. The SMILES string of the molecule is O=C(Cl)C(Br)C(Br)c1ccccc1. The van der Waals surface area contributed by atoms with Crippen molar-refractivity contribution < 1.29 is 4.79 Å². The highest BCUT2D eigenvalue weighted by atomic mass is 79.9. The molecule has 0 heterocycles. The summed E-state index contributed by atoms with van der Waals surface area (Å²) in [7, 11) is 0.